The minimum absolute atomic E-state index is 0.108. The van der Waals surface area contributed by atoms with Crippen LogP contribution in [0, 0.1) is 0 Å². The van der Waals surface area contributed by atoms with Gasteiger partial charge in [0.1, 0.15) is 0 Å². The number of carbonyl (C=O) groups excluding carboxylic acids is 1. The van der Waals surface area contributed by atoms with Crippen LogP contribution in [0.2, 0.25) is 0 Å². The van der Waals surface area contributed by atoms with Crippen molar-refractivity contribution in [2.45, 2.75) is 19.4 Å². The summed E-state index contributed by atoms with van der Waals surface area (Å²) in [6.45, 7) is 4.81. The molecule has 0 atom stereocenters. The molecule has 1 aromatic rings. The monoisotopic (exact) mass is 235 g/mol. The van der Waals surface area contributed by atoms with Crippen LogP contribution in [0.15, 0.2) is 18.2 Å². The Morgan fingerprint density at radius 2 is 2.18 bits per heavy atom. The van der Waals surface area contributed by atoms with Gasteiger partial charge in [0, 0.05) is 6.92 Å². The minimum Gasteiger partial charge on any atom is -0.397 e. The standard InChI is InChI=1S/C12H17N3O2/c1-8(16)14-10-5-3-4-9(13)11(10)15-12(2)6-17-7-12/h3-5,15H,6-7,13H2,1-2H3,(H,14,16). The molecule has 0 radical (unpaired) electrons. The lowest BCUT2D eigenvalue weighted by molar-refractivity contribution is -0.114. The molecule has 1 aliphatic rings. The lowest BCUT2D eigenvalue weighted by atomic mass is 9.99. The summed E-state index contributed by atoms with van der Waals surface area (Å²) in [6.07, 6.45) is 0. The number of hydrogen-bond donors (Lipinski definition) is 3. The van der Waals surface area contributed by atoms with E-state index >= 15 is 0 Å². The second kappa shape index (κ2) is 4.25. The van der Waals surface area contributed by atoms with Crippen molar-refractivity contribution >= 4 is 23.0 Å². The third kappa shape index (κ3) is 2.50. The Bertz CT molecular complexity index is 441. The average Bonchev–Trinajstić information content (AvgIpc) is 2.20. The maximum absolute atomic E-state index is 11.1. The number of ether oxygens (including phenoxy) is 1. The Labute approximate surface area is 100 Å². The highest BCUT2D eigenvalue weighted by atomic mass is 16.5. The summed E-state index contributed by atoms with van der Waals surface area (Å²) >= 11 is 0. The van der Waals surface area contributed by atoms with Gasteiger partial charge in [0.15, 0.2) is 0 Å². The van der Waals surface area contributed by atoms with Gasteiger partial charge in [-0.1, -0.05) is 6.07 Å². The molecule has 1 aliphatic heterocycles. The number of nitrogen functional groups attached to an aromatic ring is 1. The summed E-state index contributed by atoms with van der Waals surface area (Å²) in [7, 11) is 0. The molecule has 0 spiro atoms. The zero-order chi connectivity index (χ0) is 12.5. The van der Waals surface area contributed by atoms with E-state index in [2.05, 4.69) is 17.6 Å². The highest BCUT2D eigenvalue weighted by Crippen LogP contribution is 2.33. The predicted molar refractivity (Wildman–Crippen MR) is 68.0 cm³/mol. The average molecular weight is 235 g/mol. The molecule has 4 N–H and O–H groups in total. The molecule has 5 heteroatoms. The molecular weight excluding hydrogens is 218 g/mol. The Hall–Kier alpha value is -1.75. The van der Waals surface area contributed by atoms with Gasteiger partial charge in [-0.2, -0.15) is 0 Å². The molecule has 1 heterocycles. The van der Waals surface area contributed by atoms with Gasteiger partial charge in [-0.3, -0.25) is 4.79 Å². The number of carbonyl (C=O) groups is 1. The Balaban J connectivity index is 2.26. The van der Waals surface area contributed by atoms with Crippen molar-refractivity contribution < 1.29 is 9.53 Å². The second-order valence-electron chi connectivity index (χ2n) is 4.63. The van der Waals surface area contributed by atoms with Crippen molar-refractivity contribution in [2.24, 2.45) is 0 Å². The lowest BCUT2D eigenvalue weighted by Crippen LogP contribution is -2.53. The van der Waals surface area contributed by atoms with Gasteiger partial charge >= 0.3 is 0 Å². The van der Waals surface area contributed by atoms with Crippen molar-refractivity contribution in [1.29, 1.82) is 0 Å². The molecule has 0 bridgehead atoms. The Morgan fingerprint density at radius 3 is 2.71 bits per heavy atom. The van der Waals surface area contributed by atoms with Gasteiger partial charge in [0.05, 0.1) is 35.8 Å². The molecule has 1 saturated heterocycles. The zero-order valence-corrected chi connectivity index (χ0v) is 10.0. The lowest BCUT2D eigenvalue weighted by Gasteiger charge is -2.40. The van der Waals surface area contributed by atoms with Crippen LogP contribution in [0.1, 0.15) is 13.8 Å². The molecule has 0 unspecified atom stereocenters. The predicted octanol–water partition coefficient (Wildman–Crippen LogP) is 1.43. The van der Waals surface area contributed by atoms with E-state index < -0.39 is 0 Å². The van der Waals surface area contributed by atoms with Crippen LogP contribution in [0.25, 0.3) is 0 Å². The molecule has 2 rings (SSSR count). The summed E-state index contributed by atoms with van der Waals surface area (Å²) in [6, 6.07) is 5.44. The van der Waals surface area contributed by atoms with E-state index in [1.807, 2.05) is 12.1 Å². The van der Waals surface area contributed by atoms with Gasteiger partial charge in [-0.25, -0.2) is 0 Å². The summed E-state index contributed by atoms with van der Waals surface area (Å²) in [4.78, 5) is 11.1. The van der Waals surface area contributed by atoms with Crippen molar-refractivity contribution in [2.75, 3.05) is 29.6 Å². The van der Waals surface area contributed by atoms with Gasteiger partial charge in [-0.15, -0.1) is 0 Å². The normalized spacial score (nSPS) is 17.1. The van der Waals surface area contributed by atoms with Crippen molar-refractivity contribution in [3.05, 3.63) is 18.2 Å². The maximum atomic E-state index is 11.1. The van der Waals surface area contributed by atoms with Gasteiger partial charge in [0.2, 0.25) is 5.91 Å². The number of para-hydroxylation sites is 1. The quantitative estimate of drug-likeness (QED) is 0.693. The van der Waals surface area contributed by atoms with Crippen molar-refractivity contribution in [1.82, 2.24) is 0 Å². The van der Waals surface area contributed by atoms with E-state index in [1.54, 1.807) is 6.07 Å². The van der Waals surface area contributed by atoms with Crippen LogP contribution in [0.4, 0.5) is 17.1 Å². The number of rotatable bonds is 3. The van der Waals surface area contributed by atoms with E-state index in [9.17, 15) is 4.79 Å². The number of amides is 1. The molecule has 1 amide bonds. The first-order chi connectivity index (χ1) is 8.00. The summed E-state index contributed by atoms with van der Waals surface area (Å²) in [5.41, 5.74) is 7.89. The summed E-state index contributed by atoms with van der Waals surface area (Å²) in [5, 5.41) is 6.10. The third-order valence-electron chi connectivity index (χ3n) is 2.68. The molecule has 17 heavy (non-hydrogen) atoms. The zero-order valence-electron chi connectivity index (χ0n) is 10.0. The minimum atomic E-state index is -0.117. The number of nitrogens with two attached hydrogens (primary N) is 1. The highest BCUT2D eigenvalue weighted by Gasteiger charge is 2.34. The van der Waals surface area contributed by atoms with Crippen LogP contribution < -0.4 is 16.4 Å². The molecular formula is C12H17N3O2. The van der Waals surface area contributed by atoms with Crippen LogP contribution >= 0.6 is 0 Å². The number of hydrogen-bond acceptors (Lipinski definition) is 4. The van der Waals surface area contributed by atoms with Gasteiger partial charge in [0.25, 0.3) is 0 Å². The fourth-order valence-corrected chi connectivity index (χ4v) is 1.79. The largest absolute Gasteiger partial charge is 0.397 e. The maximum Gasteiger partial charge on any atom is 0.221 e. The molecule has 0 aromatic heterocycles. The molecule has 92 valence electrons. The topological polar surface area (TPSA) is 76.4 Å². The third-order valence-corrected chi connectivity index (χ3v) is 2.68. The first-order valence-corrected chi connectivity index (χ1v) is 5.52. The molecule has 1 fully saturated rings. The van der Waals surface area contributed by atoms with Crippen LogP contribution in [-0.2, 0) is 9.53 Å². The fraction of sp³-hybridized carbons (Fsp3) is 0.417. The van der Waals surface area contributed by atoms with Gasteiger partial charge < -0.3 is 21.1 Å². The van der Waals surface area contributed by atoms with Crippen molar-refractivity contribution in [3.63, 3.8) is 0 Å². The van der Waals surface area contributed by atoms with Crippen LogP contribution in [0.5, 0.6) is 0 Å². The number of benzene rings is 1. The summed E-state index contributed by atoms with van der Waals surface area (Å²) in [5.74, 6) is -0.117. The molecule has 1 aromatic carbocycles. The smallest absolute Gasteiger partial charge is 0.221 e. The van der Waals surface area contributed by atoms with Crippen LogP contribution in [-0.4, -0.2) is 24.7 Å². The molecule has 0 saturated carbocycles. The first kappa shape index (κ1) is 11.7. The van der Waals surface area contributed by atoms with E-state index in [0.29, 0.717) is 24.6 Å². The summed E-state index contributed by atoms with van der Waals surface area (Å²) < 4.78 is 5.18. The number of nitrogens with one attached hydrogen (secondary N) is 2. The number of anilines is 3. The Kier molecular flexibility index (Phi) is 2.93. The first-order valence-electron chi connectivity index (χ1n) is 5.52. The molecule has 0 aliphatic carbocycles. The van der Waals surface area contributed by atoms with Gasteiger partial charge in [-0.05, 0) is 19.1 Å². The van der Waals surface area contributed by atoms with Crippen molar-refractivity contribution in [3.8, 4) is 0 Å². The van der Waals surface area contributed by atoms with E-state index in [4.69, 9.17) is 10.5 Å². The van der Waals surface area contributed by atoms with E-state index in [0.717, 1.165) is 5.69 Å². The fourth-order valence-electron chi connectivity index (χ4n) is 1.79. The Morgan fingerprint density at radius 1 is 1.47 bits per heavy atom. The molecule has 5 nitrogen and oxygen atoms in total. The second-order valence-corrected chi connectivity index (χ2v) is 4.63. The SMILES string of the molecule is CC(=O)Nc1cccc(N)c1NC1(C)COC1. The van der Waals surface area contributed by atoms with E-state index in [1.165, 1.54) is 6.92 Å². The van der Waals surface area contributed by atoms with E-state index in [-0.39, 0.29) is 11.4 Å². The van der Waals surface area contributed by atoms with Crippen LogP contribution in [0.3, 0.4) is 0 Å². The highest BCUT2D eigenvalue weighted by molar-refractivity contribution is 5.95.